The number of ether oxygens (including phenoxy) is 2. The predicted octanol–water partition coefficient (Wildman–Crippen LogP) is 1.43. The normalized spacial score (nSPS) is 14.0. The van der Waals surface area contributed by atoms with Gasteiger partial charge in [-0.25, -0.2) is 0 Å². The van der Waals surface area contributed by atoms with E-state index in [-0.39, 0.29) is 13.2 Å². The van der Waals surface area contributed by atoms with Crippen molar-refractivity contribution in [2.45, 2.75) is 12.5 Å². The summed E-state index contributed by atoms with van der Waals surface area (Å²) in [4.78, 5) is 15.3. The van der Waals surface area contributed by atoms with Crippen LogP contribution in [0.15, 0.2) is 36.4 Å². The maximum absolute atomic E-state index is 10.8. The van der Waals surface area contributed by atoms with E-state index in [0.29, 0.717) is 17.2 Å². The van der Waals surface area contributed by atoms with Crippen molar-refractivity contribution in [1.29, 1.82) is 0 Å². The third kappa shape index (κ3) is 2.80. The van der Waals surface area contributed by atoms with E-state index in [1.165, 1.54) is 0 Å². The molecule has 6 nitrogen and oxygen atoms in total. The van der Waals surface area contributed by atoms with Crippen LogP contribution in [0, 0.1) is 0 Å². The molecule has 2 aromatic rings. The number of aliphatic carboxylic acids is 1. The zero-order chi connectivity index (χ0) is 14.8. The Morgan fingerprint density at radius 2 is 2.10 bits per heavy atom. The number of hydrogen-bond acceptors (Lipinski definition) is 5. The second-order valence-corrected chi connectivity index (χ2v) is 4.73. The minimum atomic E-state index is -1.04. The zero-order valence-electron chi connectivity index (χ0n) is 11.2. The molecule has 0 spiro atoms. The van der Waals surface area contributed by atoms with E-state index < -0.39 is 12.0 Å². The van der Waals surface area contributed by atoms with Crippen molar-refractivity contribution >= 4 is 5.97 Å². The van der Waals surface area contributed by atoms with Crippen molar-refractivity contribution in [3.05, 3.63) is 42.1 Å². The Morgan fingerprint density at radius 1 is 1.29 bits per heavy atom. The number of pyridine rings is 1. The molecule has 3 rings (SSSR count). The Balaban J connectivity index is 1.87. The first-order chi connectivity index (χ1) is 10.1. The monoisotopic (exact) mass is 286 g/mol. The molecule has 0 radical (unpaired) electrons. The second kappa shape index (κ2) is 5.41. The number of rotatable bonds is 4. The third-order valence-corrected chi connectivity index (χ3v) is 3.22. The molecular weight excluding hydrogens is 272 g/mol. The minimum absolute atomic E-state index is 0.188. The lowest BCUT2D eigenvalue weighted by Crippen LogP contribution is -2.32. The van der Waals surface area contributed by atoms with Gasteiger partial charge in [0, 0.05) is 17.7 Å². The van der Waals surface area contributed by atoms with Crippen LogP contribution in [-0.4, -0.2) is 28.9 Å². The Hall–Kier alpha value is -2.60. The van der Waals surface area contributed by atoms with Crippen LogP contribution in [-0.2, 0) is 11.2 Å². The lowest BCUT2D eigenvalue weighted by Gasteiger charge is -2.08. The maximum Gasteiger partial charge on any atom is 0.320 e. The van der Waals surface area contributed by atoms with E-state index in [2.05, 4.69) is 4.98 Å². The van der Waals surface area contributed by atoms with Gasteiger partial charge in [0.15, 0.2) is 11.5 Å². The van der Waals surface area contributed by atoms with E-state index in [1.807, 2.05) is 30.3 Å². The molecule has 0 saturated carbocycles. The summed E-state index contributed by atoms with van der Waals surface area (Å²) in [5.74, 6) is 0.357. The first-order valence-electron chi connectivity index (χ1n) is 6.48. The smallest absolute Gasteiger partial charge is 0.320 e. The number of fused-ring (bicyclic) bond motifs is 1. The fraction of sp³-hybridized carbons (Fsp3) is 0.200. The zero-order valence-corrected chi connectivity index (χ0v) is 11.2. The van der Waals surface area contributed by atoms with E-state index in [1.54, 1.807) is 6.07 Å². The van der Waals surface area contributed by atoms with E-state index in [0.717, 1.165) is 11.3 Å². The summed E-state index contributed by atoms with van der Waals surface area (Å²) in [6.07, 6.45) is 0.188. The topological polar surface area (TPSA) is 94.7 Å². The van der Waals surface area contributed by atoms with Gasteiger partial charge in [-0.1, -0.05) is 6.07 Å². The summed E-state index contributed by atoms with van der Waals surface area (Å²) in [6.45, 7) is 0.222. The highest BCUT2D eigenvalue weighted by molar-refractivity contribution is 5.73. The van der Waals surface area contributed by atoms with Crippen LogP contribution in [0.25, 0.3) is 11.3 Å². The van der Waals surface area contributed by atoms with E-state index in [9.17, 15) is 4.79 Å². The third-order valence-electron chi connectivity index (χ3n) is 3.22. The Labute approximate surface area is 121 Å². The molecule has 1 atom stereocenters. The molecule has 1 aromatic carbocycles. The van der Waals surface area contributed by atoms with Crippen molar-refractivity contribution in [3.8, 4) is 22.8 Å². The Bertz CT molecular complexity index is 687. The number of hydrogen-bond donors (Lipinski definition) is 2. The first kappa shape index (κ1) is 13.4. The number of benzene rings is 1. The van der Waals surface area contributed by atoms with Gasteiger partial charge < -0.3 is 20.3 Å². The van der Waals surface area contributed by atoms with Crippen molar-refractivity contribution in [2.24, 2.45) is 5.73 Å². The van der Waals surface area contributed by atoms with Crippen LogP contribution < -0.4 is 15.2 Å². The van der Waals surface area contributed by atoms with Crippen LogP contribution in [0.4, 0.5) is 0 Å². The van der Waals surface area contributed by atoms with Gasteiger partial charge in [0.25, 0.3) is 0 Å². The number of carboxylic acid groups (broad SMARTS) is 1. The van der Waals surface area contributed by atoms with Crippen LogP contribution in [0.5, 0.6) is 11.5 Å². The standard InChI is InChI=1S/C15H14N2O4/c16-11(15(18)19)7-10-2-1-3-12(17-10)9-4-5-13-14(6-9)21-8-20-13/h1-6,11H,7-8,16H2,(H,18,19). The van der Waals surface area contributed by atoms with E-state index in [4.69, 9.17) is 20.3 Å². The van der Waals surface area contributed by atoms with Gasteiger partial charge in [0.1, 0.15) is 6.04 Å². The Kier molecular flexibility index (Phi) is 3.45. The number of nitrogens with zero attached hydrogens (tertiary/aromatic N) is 1. The maximum atomic E-state index is 10.8. The SMILES string of the molecule is NC(Cc1cccc(-c2ccc3c(c2)OCO3)n1)C(=O)O. The average Bonchev–Trinajstić information content (AvgIpc) is 2.94. The fourth-order valence-electron chi connectivity index (χ4n) is 2.12. The van der Waals surface area contributed by atoms with Crippen LogP contribution in [0.2, 0.25) is 0 Å². The molecule has 1 aromatic heterocycles. The highest BCUT2D eigenvalue weighted by Crippen LogP contribution is 2.35. The second-order valence-electron chi connectivity index (χ2n) is 4.73. The van der Waals surface area contributed by atoms with Gasteiger partial charge in [-0.3, -0.25) is 9.78 Å². The molecular formula is C15H14N2O4. The summed E-state index contributed by atoms with van der Waals surface area (Å²) in [7, 11) is 0. The van der Waals surface area contributed by atoms with Crippen molar-refractivity contribution in [2.75, 3.05) is 6.79 Å². The number of carbonyl (C=O) groups is 1. The van der Waals surface area contributed by atoms with Crippen LogP contribution in [0.1, 0.15) is 5.69 Å². The van der Waals surface area contributed by atoms with Gasteiger partial charge in [-0.15, -0.1) is 0 Å². The summed E-state index contributed by atoms with van der Waals surface area (Å²) in [5.41, 5.74) is 7.79. The highest BCUT2D eigenvalue weighted by atomic mass is 16.7. The first-order valence-corrected chi connectivity index (χ1v) is 6.48. The summed E-state index contributed by atoms with van der Waals surface area (Å²) in [6, 6.07) is 10.1. The molecule has 0 fully saturated rings. The van der Waals surface area contributed by atoms with Crippen molar-refractivity contribution in [1.82, 2.24) is 4.98 Å². The molecule has 1 aliphatic heterocycles. The van der Waals surface area contributed by atoms with E-state index >= 15 is 0 Å². The largest absolute Gasteiger partial charge is 0.480 e. The van der Waals surface area contributed by atoms with Crippen molar-refractivity contribution < 1.29 is 19.4 Å². The van der Waals surface area contributed by atoms with Gasteiger partial charge in [0.05, 0.1) is 5.69 Å². The average molecular weight is 286 g/mol. The molecule has 0 amide bonds. The fourth-order valence-corrected chi connectivity index (χ4v) is 2.12. The summed E-state index contributed by atoms with van der Waals surface area (Å²) in [5, 5.41) is 8.85. The molecule has 3 N–H and O–H groups in total. The summed E-state index contributed by atoms with van der Waals surface area (Å²) >= 11 is 0. The molecule has 1 unspecified atom stereocenters. The Morgan fingerprint density at radius 3 is 2.90 bits per heavy atom. The predicted molar refractivity (Wildman–Crippen MR) is 75.1 cm³/mol. The number of carboxylic acids is 1. The van der Waals surface area contributed by atoms with Crippen molar-refractivity contribution in [3.63, 3.8) is 0 Å². The van der Waals surface area contributed by atoms with Gasteiger partial charge in [-0.2, -0.15) is 0 Å². The minimum Gasteiger partial charge on any atom is -0.480 e. The van der Waals surface area contributed by atoms with Gasteiger partial charge >= 0.3 is 5.97 Å². The molecule has 2 heterocycles. The molecule has 0 saturated heterocycles. The molecule has 1 aliphatic rings. The summed E-state index contributed by atoms with van der Waals surface area (Å²) < 4.78 is 10.6. The molecule has 108 valence electrons. The number of nitrogens with two attached hydrogens (primary N) is 1. The number of aromatic nitrogens is 1. The van der Waals surface area contributed by atoms with Crippen LogP contribution in [0.3, 0.4) is 0 Å². The molecule has 6 heteroatoms. The lowest BCUT2D eigenvalue weighted by atomic mass is 10.1. The highest BCUT2D eigenvalue weighted by Gasteiger charge is 2.16. The van der Waals surface area contributed by atoms with Crippen LogP contribution >= 0.6 is 0 Å². The van der Waals surface area contributed by atoms with Gasteiger partial charge in [-0.05, 0) is 30.3 Å². The van der Waals surface area contributed by atoms with Gasteiger partial charge in [0.2, 0.25) is 6.79 Å². The quantitative estimate of drug-likeness (QED) is 0.883. The lowest BCUT2D eigenvalue weighted by molar-refractivity contribution is -0.138. The molecule has 21 heavy (non-hydrogen) atoms. The molecule has 0 aliphatic carbocycles. The molecule has 0 bridgehead atoms.